The van der Waals surface area contributed by atoms with Gasteiger partial charge in [-0.05, 0) is 55.0 Å². The highest BCUT2D eigenvalue weighted by atomic mass is 35.5. The minimum absolute atomic E-state index is 0.0888. The van der Waals surface area contributed by atoms with Crippen molar-refractivity contribution in [3.8, 4) is 11.3 Å². The standard InChI is InChI=1S/C21H19Cl2N3OS/c1-2-12-26-20(19(25-21(26)28)15-8-3-4-11-24-15)17-10-9-16(27-17)13-6-5-7-14(22)18(13)23/h3-11,19-20H,2,12H2,1H3,(H,25,28)/t19-,20-/m1/s1. The van der Waals surface area contributed by atoms with E-state index in [1.807, 2.05) is 42.5 Å². The van der Waals surface area contributed by atoms with E-state index in [4.69, 9.17) is 39.8 Å². The van der Waals surface area contributed by atoms with Crippen molar-refractivity contribution in [2.75, 3.05) is 6.54 Å². The zero-order valence-electron chi connectivity index (χ0n) is 15.2. The number of furan rings is 1. The van der Waals surface area contributed by atoms with Gasteiger partial charge in [-0.25, -0.2) is 0 Å². The Morgan fingerprint density at radius 2 is 2.00 bits per heavy atom. The lowest BCUT2D eigenvalue weighted by Gasteiger charge is -2.25. The van der Waals surface area contributed by atoms with E-state index in [-0.39, 0.29) is 12.1 Å². The number of thiocarbonyl (C=S) groups is 1. The van der Waals surface area contributed by atoms with Crippen molar-refractivity contribution in [1.29, 1.82) is 0 Å². The van der Waals surface area contributed by atoms with Crippen molar-refractivity contribution in [3.05, 3.63) is 76.2 Å². The third kappa shape index (κ3) is 3.50. The van der Waals surface area contributed by atoms with Gasteiger partial charge in [0.25, 0.3) is 0 Å². The first kappa shape index (κ1) is 19.2. The molecule has 1 aromatic carbocycles. The molecule has 0 unspecified atom stereocenters. The van der Waals surface area contributed by atoms with Crippen LogP contribution >= 0.6 is 35.4 Å². The number of aromatic nitrogens is 1. The average Bonchev–Trinajstić information content (AvgIpc) is 3.30. The zero-order valence-corrected chi connectivity index (χ0v) is 17.6. The normalized spacial score (nSPS) is 19.1. The largest absolute Gasteiger partial charge is 0.459 e. The van der Waals surface area contributed by atoms with Crippen LogP contribution in [0.3, 0.4) is 0 Å². The molecular weight excluding hydrogens is 413 g/mol. The Morgan fingerprint density at radius 1 is 1.14 bits per heavy atom. The summed E-state index contributed by atoms with van der Waals surface area (Å²) in [6.07, 6.45) is 2.76. The molecule has 144 valence electrons. The molecule has 0 spiro atoms. The van der Waals surface area contributed by atoms with Gasteiger partial charge in [-0.3, -0.25) is 4.98 Å². The Hall–Kier alpha value is -2.08. The summed E-state index contributed by atoms with van der Waals surface area (Å²) in [4.78, 5) is 6.69. The van der Waals surface area contributed by atoms with Gasteiger partial charge in [0.05, 0.1) is 21.8 Å². The van der Waals surface area contributed by atoms with Crippen molar-refractivity contribution < 1.29 is 4.42 Å². The number of pyridine rings is 1. The lowest BCUT2D eigenvalue weighted by atomic mass is 10.0. The average molecular weight is 432 g/mol. The van der Waals surface area contributed by atoms with Crippen molar-refractivity contribution in [1.82, 2.24) is 15.2 Å². The molecule has 0 radical (unpaired) electrons. The van der Waals surface area contributed by atoms with E-state index < -0.39 is 0 Å². The predicted molar refractivity (Wildman–Crippen MR) is 117 cm³/mol. The fourth-order valence-corrected chi connectivity index (χ4v) is 4.27. The highest BCUT2D eigenvalue weighted by molar-refractivity contribution is 7.80. The summed E-state index contributed by atoms with van der Waals surface area (Å²) in [7, 11) is 0. The Labute approximate surface area is 179 Å². The Bertz CT molecular complexity index is 992. The summed E-state index contributed by atoms with van der Waals surface area (Å²) in [5.74, 6) is 1.49. The van der Waals surface area contributed by atoms with Gasteiger partial charge >= 0.3 is 0 Å². The van der Waals surface area contributed by atoms with E-state index in [1.165, 1.54) is 0 Å². The monoisotopic (exact) mass is 431 g/mol. The van der Waals surface area contributed by atoms with Gasteiger partial charge in [-0.15, -0.1) is 0 Å². The molecule has 3 aromatic rings. The predicted octanol–water partition coefficient (Wildman–Crippen LogP) is 6.03. The molecule has 0 amide bonds. The Balaban J connectivity index is 1.75. The van der Waals surface area contributed by atoms with Gasteiger partial charge in [-0.1, -0.05) is 42.3 Å². The quantitative estimate of drug-likeness (QED) is 0.499. The SMILES string of the molecule is CCCN1C(=S)N[C@H](c2ccccn2)[C@H]1c1ccc(-c2cccc(Cl)c2Cl)o1. The summed E-state index contributed by atoms with van der Waals surface area (Å²) >= 11 is 18.1. The van der Waals surface area contributed by atoms with Crippen molar-refractivity contribution >= 4 is 40.5 Å². The number of hydrogen-bond donors (Lipinski definition) is 1. The molecule has 0 saturated carbocycles. The van der Waals surface area contributed by atoms with Gasteiger partial charge in [-0.2, -0.15) is 0 Å². The number of hydrogen-bond acceptors (Lipinski definition) is 3. The minimum atomic E-state index is -0.0888. The molecule has 4 nitrogen and oxygen atoms in total. The van der Waals surface area contributed by atoms with Crippen LogP contribution in [-0.4, -0.2) is 21.5 Å². The molecule has 4 rings (SSSR count). The molecule has 1 aliphatic heterocycles. The number of nitrogens with one attached hydrogen (secondary N) is 1. The Morgan fingerprint density at radius 3 is 2.75 bits per heavy atom. The van der Waals surface area contributed by atoms with Crippen LogP contribution in [0.15, 0.2) is 59.1 Å². The zero-order chi connectivity index (χ0) is 19.7. The van der Waals surface area contributed by atoms with E-state index in [0.717, 1.165) is 30.0 Å². The molecule has 3 heterocycles. The van der Waals surface area contributed by atoms with E-state index >= 15 is 0 Å². The topological polar surface area (TPSA) is 41.3 Å². The molecule has 0 bridgehead atoms. The highest BCUT2D eigenvalue weighted by Gasteiger charge is 2.41. The smallest absolute Gasteiger partial charge is 0.170 e. The van der Waals surface area contributed by atoms with Crippen molar-refractivity contribution in [3.63, 3.8) is 0 Å². The summed E-state index contributed by atoms with van der Waals surface area (Å²) in [5, 5.41) is 5.10. The molecule has 28 heavy (non-hydrogen) atoms. The molecule has 2 atom stereocenters. The summed E-state index contributed by atoms with van der Waals surface area (Å²) < 4.78 is 6.25. The minimum Gasteiger partial charge on any atom is -0.459 e. The molecule has 0 aliphatic carbocycles. The van der Waals surface area contributed by atoms with Crippen LogP contribution < -0.4 is 5.32 Å². The third-order valence-corrected chi connectivity index (χ3v) is 5.97. The first-order valence-electron chi connectivity index (χ1n) is 9.12. The molecule has 1 fully saturated rings. The van der Waals surface area contributed by atoms with Crippen LogP contribution in [-0.2, 0) is 0 Å². The van der Waals surface area contributed by atoms with Crippen molar-refractivity contribution in [2.24, 2.45) is 0 Å². The lowest BCUT2D eigenvalue weighted by molar-refractivity contribution is 0.275. The fraction of sp³-hybridized carbons (Fsp3) is 0.238. The second kappa shape index (κ2) is 8.11. The number of rotatable bonds is 5. The van der Waals surface area contributed by atoms with Crippen LogP contribution in [0, 0.1) is 0 Å². The molecule has 1 saturated heterocycles. The number of benzene rings is 1. The van der Waals surface area contributed by atoms with E-state index in [1.54, 1.807) is 12.3 Å². The molecule has 7 heteroatoms. The van der Waals surface area contributed by atoms with Gasteiger partial charge in [0, 0.05) is 18.3 Å². The fourth-order valence-electron chi connectivity index (χ4n) is 3.55. The van der Waals surface area contributed by atoms with Crippen LogP contribution in [0.5, 0.6) is 0 Å². The lowest BCUT2D eigenvalue weighted by Crippen LogP contribution is -2.30. The highest BCUT2D eigenvalue weighted by Crippen LogP contribution is 2.41. The van der Waals surface area contributed by atoms with Crippen LogP contribution in [0.1, 0.15) is 36.9 Å². The Kier molecular flexibility index (Phi) is 5.58. The summed E-state index contributed by atoms with van der Waals surface area (Å²) in [5.41, 5.74) is 1.69. The maximum absolute atomic E-state index is 6.38. The molecule has 1 aliphatic rings. The van der Waals surface area contributed by atoms with Gasteiger partial charge in [0.2, 0.25) is 0 Å². The first-order valence-corrected chi connectivity index (χ1v) is 10.3. The molecular formula is C21H19Cl2N3OS. The van der Waals surface area contributed by atoms with Gasteiger partial charge in [0.15, 0.2) is 5.11 Å². The van der Waals surface area contributed by atoms with E-state index in [9.17, 15) is 0 Å². The van der Waals surface area contributed by atoms with E-state index in [2.05, 4.69) is 22.1 Å². The maximum Gasteiger partial charge on any atom is 0.170 e. The maximum atomic E-state index is 6.38. The third-order valence-electron chi connectivity index (χ3n) is 4.80. The van der Waals surface area contributed by atoms with Crippen LogP contribution in [0.25, 0.3) is 11.3 Å². The first-order chi connectivity index (χ1) is 13.6. The van der Waals surface area contributed by atoms with Gasteiger partial charge in [0.1, 0.15) is 17.6 Å². The van der Waals surface area contributed by atoms with Crippen molar-refractivity contribution in [2.45, 2.75) is 25.4 Å². The second-order valence-corrected chi connectivity index (χ2v) is 7.80. The second-order valence-electron chi connectivity index (χ2n) is 6.62. The molecule has 2 aromatic heterocycles. The molecule has 1 N–H and O–H groups in total. The van der Waals surface area contributed by atoms with Crippen LogP contribution in [0.2, 0.25) is 10.0 Å². The number of nitrogens with zero attached hydrogens (tertiary/aromatic N) is 2. The summed E-state index contributed by atoms with van der Waals surface area (Å²) in [6.45, 7) is 2.96. The number of halogens is 2. The van der Waals surface area contributed by atoms with Crippen LogP contribution in [0.4, 0.5) is 0 Å². The van der Waals surface area contributed by atoms with Gasteiger partial charge < -0.3 is 14.6 Å². The summed E-state index contributed by atoms with van der Waals surface area (Å²) in [6, 6.07) is 15.1. The van der Waals surface area contributed by atoms with E-state index in [0.29, 0.717) is 20.9 Å².